The Balaban J connectivity index is 1.88. The van der Waals surface area contributed by atoms with Gasteiger partial charge in [-0.25, -0.2) is 22.0 Å². The van der Waals surface area contributed by atoms with E-state index in [4.69, 9.17) is 0 Å². The summed E-state index contributed by atoms with van der Waals surface area (Å²) in [6, 6.07) is 11.9. The Morgan fingerprint density at radius 2 is 1.48 bits per heavy atom. The van der Waals surface area contributed by atoms with Crippen molar-refractivity contribution in [1.29, 1.82) is 0 Å². The van der Waals surface area contributed by atoms with Gasteiger partial charge in [0.25, 0.3) is 0 Å². The maximum Gasteiger partial charge on any atom is 0.395 e. The molecule has 3 aromatic rings. The van der Waals surface area contributed by atoms with Crippen LogP contribution in [0.15, 0.2) is 48.5 Å². The second-order valence-corrected chi connectivity index (χ2v) is 10.7. The first-order chi connectivity index (χ1) is 19.0. The van der Waals surface area contributed by atoms with Crippen LogP contribution in [0.4, 0.5) is 35.1 Å². The maximum atomic E-state index is 15.7. The molecular weight excluding hydrogens is 536 g/mol. The molecule has 3 aromatic carbocycles. The quantitative estimate of drug-likeness (QED) is 0.187. The molecule has 1 saturated carbocycles. The SMILES string of the molecule is CCCCC1CCCCC1(C(CC)c1c(F)c(F)c(-c2ccc(-c3ccccc3)cc2F)c(F)c1F)C(F)(F)F. The highest BCUT2D eigenvalue weighted by Crippen LogP contribution is 2.62. The topological polar surface area (TPSA) is 0 Å². The van der Waals surface area contributed by atoms with Crippen molar-refractivity contribution in [2.45, 2.75) is 77.3 Å². The predicted octanol–water partition coefficient (Wildman–Crippen LogP) is 11.1. The molecule has 216 valence electrons. The average Bonchev–Trinajstić information content (AvgIpc) is 2.94. The maximum absolute atomic E-state index is 15.7. The van der Waals surface area contributed by atoms with Gasteiger partial charge in [-0.05, 0) is 48.8 Å². The molecule has 0 saturated heterocycles. The smallest absolute Gasteiger partial charge is 0.206 e. The van der Waals surface area contributed by atoms with E-state index in [1.54, 1.807) is 30.3 Å². The number of unbranched alkanes of at least 4 members (excludes halogenated alkanes) is 1. The van der Waals surface area contributed by atoms with Crippen LogP contribution in [0.25, 0.3) is 22.3 Å². The van der Waals surface area contributed by atoms with Gasteiger partial charge in [-0.1, -0.05) is 82.0 Å². The summed E-state index contributed by atoms with van der Waals surface area (Å²) < 4.78 is 123. The summed E-state index contributed by atoms with van der Waals surface area (Å²) >= 11 is 0. The Hall–Kier alpha value is -2.90. The molecule has 1 fully saturated rings. The standard InChI is InChI=1S/C32H32F8/c1-3-5-13-21-14-9-10-17-31(21,32(38,39)40)23(4-2)26-29(36)27(34)25(28(35)30(26)37)22-16-15-20(18-24(22)33)19-11-7-6-8-12-19/h6-8,11-12,15-16,18,21,23H,3-5,9-10,13-14,17H2,1-2H3. The van der Waals surface area contributed by atoms with Gasteiger partial charge in [0.1, 0.15) is 5.82 Å². The van der Waals surface area contributed by atoms with E-state index in [1.165, 1.54) is 13.0 Å². The van der Waals surface area contributed by atoms with Gasteiger partial charge < -0.3 is 0 Å². The van der Waals surface area contributed by atoms with Crippen molar-refractivity contribution in [1.82, 2.24) is 0 Å². The van der Waals surface area contributed by atoms with Crippen molar-refractivity contribution in [3.8, 4) is 22.3 Å². The first-order valence-electron chi connectivity index (χ1n) is 13.8. The zero-order valence-electron chi connectivity index (χ0n) is 22.5. The summed E-state index contributed by atoms with van der Waals surface area (Å²) in [5.74, 6) is -11.5. The molecule has 0 heterocycles. The van der Waals surface area contributed by atoms with Gasteiger partial charge in [0.05, 0.1) is 11.0 Å². The van der Waals surface area contributed by atoms with Crippen LogP contribution in [-0.4, -0.2) is 6.18 Å². The number of alkyl halides is 3. The summed E-state index contributed by atoms with van der Waals surface area (Å²) in [5.41, 5.74) is -4.82. The summed E-state index contributed by atoms with van der Waals surface area (Å²) in [7, 11) is 0. The molecule has 3 atom stereocenters. The van der Waals surface area contributed by atoms with E-state index in [9.17, 15) is 13.2 Å². The van der Waals surface area contributed by atoms with Crippen LogP contribution in [0.3, 0.4) is 0 Å². The lowest BCUT2D eigenvalue weighted by molar-refractivity contribution is -0.264. The van der Waals surface area contributed by atoms with E-state index in [1.807, 2.05) is 6.92 Å². The summed E-state index contributed by atoms with van der Waals surface area (Å²) in [5, 5.41) is 0. The molecule has 3 unspecified atom stereocenters. The van der Waals surface area contributed by atoms with Crippen molar-refractivity contribution in [2.75, 3.05) is 0 Å². The molecule has 1 aliphatic rings. The van der Waals surface area contributed by atoms with Crippen LogP contribution >= 0.6 is 0 Å². The minimum atomic E-state index is -4.86. The monoisotopic (exact) mass is 568 g/mol. The molecule has 0 bridgehead atoms. The Labute approximate surface area is 229 Å². The lowest BCUT2D eigenvalue weighted by Crippen LogP contribution is -2.51. The Morgan fingerprint density at radius 1 is 0.825 bits per heavy atom. The highest BCUT2D eigenvalue weighted by atomic mass is 19.4. The first-order valence-corrected chi connectivity index (χ1v) is 13.8. The molecule has 0 N–H and O–H groups in total. The van der Waals surface area contributed by atoms with Gasteiger partial charge in [0.2, 0.25) is 0 Å². The van der Waals surface area contributed by atoms with Gasteiger partial charge >= 0.3 is 6.18 Å². The molecule has 0 radical (unpaired) electrons. The molecule has 0 aromatic heterocycles. The van der Waals surface area contributed by atoms with Gasteiger partial charge in [0.15, 0.2) is 23.3 Å². The normalized spacial score (nSPS) is 20.5. The average molecular weight is 569 g/mol. The molecule has 0 amide bonds. The number of halogens is 8. The number of rotatable bonds is 8. The molecule has 0 spiro atoms. The largest absolute Gasteiger partial charge is 0.395 e. The molecule has 4 rings (SSSR count). The third kappa shape index (κ3) is 5.14. The van der Waals surface area contributed by atoms with E-state index in [2.05, 4.69) is 0 Å². The molecule has 1 aliphatic carbocycles. The van der Waals surface area contributed by atoms with Gasteiger partial charge in [0, 0.05) is 17.0 Å². The third-order valence-electron chi connectivity index (χ3n) is 8.58. The summed E-state index contributed by atoms with van der Waals surface area (Å²) in [6.07, 6.45) is -3.38. The van der Waals surface area contributed by atoms with Crippen molar-refractivity contribution in [3.05, 3.63) is 83.2 Å². The predicted molar refractivity (Wildman–Crippen MR) is 140 cm³/mol. The van der Waals surface area contributed by atoms with Crippen molar-refractivity contribution in [2.24, 2.45) is 11.3 Å². The van der Waals surface area contributed by atoms with Crippen LogP contribution in [0.1, 0.15) is 76.7 Å². The van der Waals surface area contributed by atoms with E-state index < -0.39 is 69.2 Å². The molecule has 0 nitrogen and oxygen atoms in total. The molecule has 0 aliphatic heterocycles. The fourth-order valence-corrected chi connectivity index (χ4v) is 6.70. The van der Waals surface area contributed by atoms with Gasteiger partial charge in [-0.2, -0.15) is 13.2 Å². The third-order valence-corrected chi connectivity index (χ3v) is 8.58. The highest BCUT2D eigenvalue weighted by molar-refractivity contribution is 5.72. The van der Waals surface area contributed by atoms with Crippen LogP contribution < -0.4 is 0 Å². The number of hydrogen-bond donors (Lipinski definition) is 0. The lowest BCUT2D eigenvalue weighted by atomic mass is 9.55. The second kappa shape index (κ2) is 11.9. The highest BCUT2D eigenvalue weighted by Gasteiger charge is 2.63. The molecule has 40 heavy (non-hydrogen) atoms. The van der Waals surface area contributed by atoms with Gasteiger partial charge in [-0.3, -0.25) is 0 Å². The zero-order chi connectivity index (χ0) is 29.2. The van der Waals surface area contributed by atoms with E-state index >= 15 is 22.0 Å². The summed E-state index contributed by atoms with van der Waals surface area (Å²) in [6.45, 7) is 3.18. The second-order valence-electron chi connectivity index (χ2n) is 10.7. The van der Waals surface area contributed by atoms with Crippen molar-refractivity contribution < 1.29 is 35.1 Å². The zero-order valence-corrected chi connectivity index (χ0v) is 22.5. The lowest BCUT2D eigenvalue weighted by Gasteiger charge is -2.50. The fourth-order valence-electron chi connectivity index (χ4n) is 6.70. The Morgan fingerprint density at radius 3 is 2.02 bits per heavy atom. The van der Waals surface area contributed by atoms with Crippen molar-refractivity contribution >= 4 is 0 Å². The number of hydrogen-bond acceptors (Lipinski definition) is 0. The number of benzene rings is 3. The van der Waals surface area contributed by atoms with E-state index in [-0.39, 0.29) is 32.1 Å². The van der Waals surface area contributed by atoms with Crippen LogP contribution in [0.5, 0.6) is 0 Å². The van der Waals surface area contributed by atoms with E-state index in [0.717, 1.165) is 12.1 Å². The molecule has 8 heteroatoms. The molecular formula is C32H32F8. The minimum absolute atomic E-state index is 0.184. The fraction of sp³-hybridized carbons (Fsp3) is 0.438. The van der Waals surface area contributed by atoms with E-state index in [0.29, 0.717) is 30.4 Å². The van der Waals surface area contributed by atoms with Crippen molar-refractivity contribution in [3.63, 3.8) is 0 Å². The van der Waals surface area contributed by atoms with Gasteiger partial charge in [-0.15, -0.1) is 0 Å². The first kappa shape index (κ1) is 30.1. The summed E-state index contributed by atoms with van der Waals surface area (Å²) in [4.78, 5) is 0. The Kier molecular flexibility index (Phi) is 8.96. The van der Waals surface area contributed by atoms with Crippen LogP contribution in [0.2, 0.25) is 0 Å². The minimum Gasteiger partial charge on any atom is -0.206 e. The van der Waals surface area contributed by atoms with Crippen LogP contribution in [0, 0.1) is 40.4 Å². The van der Waals surface area contributed by atoms with Crippen LogP contribution in [-0.2, 0) is 0 Å². The Bertz CT molecular complexity index is 1300.